The van der Waals surface area contributed by atoms with Crippen molar-refractivity contribution < 1.29 is 4.79 Å². The molecule has 0 aliphatic rings. The first kappa shape index (κ1) is 12.3. The number of carbonyl (C=O) groups is 1. The molecule has 0 spiro atoms. The average Bonchev–Trinajstić information content (AvgIpc) is 2.09. The molecule has 1 aromatic heterocycles. The van der Waals surface area contributed by atoms with Crippen LogP contribution in [-0.2, 0) is 4.79 Å². The molecule has 4 nitrogen and oxygen atoms in total. The lowest BCUT2D eigenvalue weighted by atomic mass is 10.1. The second-order valence-electron chi connectivity index (χ2n) is 3.60. The Morgan fingerprint density at radius 3 is 2.73 bits per heavy atom. The molecule has 0 saturated carbocycles. The summed E-state index contributed by atoms with van der Waals surface area (Å²) in [7, 11) is 0. The van der Waals surface area contributed by atoms with Crippen LogP contribution in [0.2, 0.25) is 5.02 Å². The van der Waals surface area contributed by atoms with Gasteiger partial charge in [-0.15, -0.1) is 0 Å². The Morgan fingerprint density at radius 2 is 2.27 bits per heavy atom. The number of rotatable bonds is 3. The van der Waals surface area contributed by atoms with Crippen LogP contribution in [0.3, 0.4) is 0 Å². The Kier molecular flexibility index (Phi) is 3.57. The van der Waals surface area contributed by atoms with Crippen LogP contribution in [0, 0.1) is 0 Å². The minimum Gasteiger partial charge on any atom is -0.368 e. The molecule has 1 aromatic rings. The molecule has 0 saturated heterocycles. The van der Waals surface area contributed by atoms with Gasteiger partial charge < -0.3 is 11.1 Å². The van der Waals surface area contributed by atoms with E-state index in [0.29, 0.717) is 15.3 Å². The van der Waals surface area contributed by atoms with Gasteiger partial charge in [-0.25, -0.2) is 4.98 Å². The van der Waals surface area contributed by atoms with Gasteiger partial charge in [-0.2, -0.15) is 0 Å². The highest BCUT2D eigenvalue weighted by Gasteiger charge is 2.25. The molecule has 3 N–H and O–H groups in total. The van der Waals surface area contributed by atoms with Gasteiger partial charge >= 0.3 is 0 Å². The van der Waals surface area contributed by atoms with E-state index in [-0.39, 0.29) is 0 Å². The van der Waals surface area contributed by atoms with E-state index in [1.165, 1.54) is 6.20 Å². The largest absolute Gasteiger partial charge is 0.368 e. The van der Waals surface area contributed by atoms with Gasteiger partial charge in [0, 0.05) is 6.20 Å². The summed E-state index contributed by atoms with van der Waals surface area (Å²) in [5.74, 6) is 0.0781. The van der Waals surface area contributed by atoms with Crippen LogP contribution in [0.5, 0.6) is 0 Å². The van der Waals surface area contributed by atoms with Gasteiger partial charge in [0.1, 0.15) is 11.4 Å². The molecule has 0 unspecified atom stereocenters. The SMILES string of the molecule is CC(C)(Nc1ncc(Cl)cc1Br)C(N)=O. The topological polar surface area (TPSA) is 68.0 Å². The van der Waals surface area contributed by atoms with Gasteiger partial charge in [-0.3, -0.25) is 4.79 Å². The quantitative estimate of drug-likeness (QED) is 0.897. The number of carbonyl (C=O) groups excluding carboxylic acids is 1. The number of amides is 1. The second-order valence-corrected chi connectivity index (χ2v) is 4.89. The van der Waals surface area contributed by atoms with Crippen LogP contribution in [-0.4, -0.2) is 16.4 Å². The molecule has 0 radical (unpaired) electrons. The molecule has 82 valence electrons. The lowest BCUT2D eigenvalue weighted by Gasteiger charge is -2.23. The summed E-state index contributed by atoms with van der Waals surface area (Å²) in [6, 6.07) is 1.69. The van der Waals surface area contributed by atoms with Gasteiger partial charge in [0.15, 0.2) is 0 Å². The average molecular weight is 293 g/mol. The fourth-order valence-corrected chi connectivity index (χ4v) is 1.60. The highest BCUT2D eigenvalue weighted by atomic mass is 79.9. The van der Waals surface area contributed by atoms with Gasteiger partial charge in [0.25, 0.3) is 0 Å². The highest BCUT2D eigenvalue weighted by molar-refractivity contribution is 9.10. The van der Waals surface area contributed by atoms with E-state index in [4.69, 9.17) is 17.3 Å². The van der Waals surface area contributed by atoms with Crippen LogP contribution < -0.4 is 11.1 Å². The maximum atomic E-state index is 11.1. The summed E-state index contributed by atoms with van der Waals surface area (Å²) in [4.78, 5) is 15.1. The number of aromatic nitrogens is 1. The Bertz CT molecular complexity index is 395. The van der Waals surface area contributed by atoms with E-state index in [0.717, 1.165) is 0 Å². The molecule has 15 heavy (non-hydrogen) atoms. The molecule has 0 aliphatic carbocycles. The summed E-state index contributed by atoms with van der Waals surface area (Å²) in [5, 5.41) is 3.44. The van der Waals surface area contributed by atoms with Crippen LogP contribution in [0.1, 0.15) is 13.8 Å². The van der Waals surface area contributed by atoms with Crippen molar-refractivity contribution in [3.8, 4) is 0 Å². The minimum absolute atomic E-state index is 0.453. The predicted octanol–water partition coefficient (Wildman–Crippen LogP) is 2.17. The Morgan fingerprint density at radius 1 is 1.67 bits per heavy atom. The lowest BCUT2D eigenvalue weighted by Crippen LogP contribution is -2.45. The van der Waals surface area contributed by atoms with Crippen molar-refractivity contribution in [2.24, 2.45) is 5.73 Å². The number of primary amides is 1. The number of nitrogens with one attached hydrogen (secondary N) is 1. The number of hydrogen-bond acceptors (Lipinski definition) is 3. The van der Waals surface area contributed by atoms with Gasteiger partial charge in [0.2, 0.25) is 5.91 Å². The van der Waals surface area contributed by atoms with Crippen molar-refractivity contribution >= 4 is 39.3 Å². The molecule has 1 amide bonds. The van der Waals surface area contributed by atoms with Crippen molar-refractivity contribution in [1.82, 2.24) is 4.98 Å². The molecular formula is C9H11BrClN3O. The van der Waals surface area contributed by atoms with E-state index < -0.39 is 11.4 Å². The summed E-state index contributed by atoms with van der Waals surface area (Å²) in [6.07, 6.45) is 1.49. The first-order valence-electron chi connectivity index (χ1n) is 4.22. The normalized spacial score (nSPS) is 11.2. The number of nitrogens with zero attached hydrogens (tertiary/aromatic N) is 1. The second kappa shape index (κ2) is 4.37. The summed E-state index contributed by atoms with van der Waals surface area (Å²) < 4.78 is 0.685. The van der Waals surface area contributed by atoms with Crippen molar-refractivity contribution in [1.29, 1.82) is 0 Å². The zero-order valence-electron chi connectivity index (χ0n) is 8.34. The molecule has 0 bridgehead atoms. The number of anilines is 1. The van der Waals surface area contributed by atoms with Crippen molar-refractivity contribution in [2.45, 2.75) is 19.4 Å². The van der Waals surface area contributed by atoms with Crippen LogP contribution >= 0.6 is 27.5 Å². The van der Waals surface area contributed by atoms with Crippen LogP contribution in [0.15, 0.2) is 16.7 Å². The van der Waals surface area contributed by atoms with E-state index in [1.54, 1.807) is 19.9 Å². The number of hydrogen-bond donors (Lipinski definition) is 2. The Labute approximate surface area is 101 Å². The third-order valence-electron chi connectivity index (χ3n) is 1.85. The molecule has 0 fully saturated rings. The lowest BCUT2D eigenvalue weighted by molar-refractivity contribution is -0.121. The van der Waals surface area contributed by atoms with Crippen molar-refractivity contribution in [3.05, 3.63) is 21.8 Å². The molecule has 0 aliphatic heterocycles. The molecular weight excluding hydrogens is 281 g/mol. The molecule has 0 atom stereocenters. The fourth-order valence-electron chi connectivity index (χ4n) is 0.864. The minimum atomic E-state index is -0.858. The summed E-state index contributed by atoms with van der Waals surface area (Å²) in [6.45, 7) is 3.36. The fraction of sp³-hybridized carbons (Fsp3) is 0.333. The van der Waals surface area contributed by atoms with E-state index in [2.05, 4.69) is 26.2 Å². The molecule has 0 aromatic carbocycles. The zero-order chi connectivity index (χ0) is 11.6. The molecule has 6 heteroatoms. The third kappa shape index (κ3) is 3.07. The van der Waals surface area contributed by atoms with Crippen molar-refractivity contribution in [2.75, 3.05) is 5.32 Å². The molecule has 1 rings (SSSR count). The predicted molar refractivity (Wildman–Crippen MR) is 63.8 cm³/mol. The summed E-state index contributed by atoms with van der Waals surface area (Å²) >= 11 is 9.03. The smallest absolute Gasteiger partial charge is 0.242 e. The standard InChI is InChI=1S/C9H11BrClN3O/c1-9(2,8(12)15)14-7-6(10)3-5(11)4-13-7/h3-4H,1-2H3,(H2,12,15)(H,13,14). The maximum Gasteiger partial charge on any atom is 0.242 e. The third-order valence-corrected chi connectivity index (χ3v) is 2.67. The highest BCUT2D eigenvalue weighted by Crippen LogP contribution is 2.25. The van der Waals surface area contributed by atoms with E-state index in [9.17, 15) is 4.79 Å². The summed E-state index contributed by atoms with van der Waals surface area (Å²) in [5.41, 5.74) is 4.37. The Hall–Kier alpha value is -0.810. The monoisotopic (exact) mass is 291 g/mol. The van der Waals surface area contributed by atoms with Gasteiger partial charge in [0.05, 0.1) is 9.50 Å². The number of halogens is 2. The van der Waals surface area contributed by atoms with Crippen molar-refractivity contribution in [3.63, 3.8) is 0 Å². The number of nitrogens with two attached hydrogens (primary N) is 1. The maximum absolute atomic E-state index is 11.1. The molecule has 1 heterocycles. The van der Waals surface area contributed by atoms with Crippen LogP contribution in [0.25, 0.3) is 0 Å². The van der Waals surface area contributed by atoms with Gasteiger partial charge in [-0.1, -0.05) is 11.6 Å². The van der Waals surface area contributed by atoms with E-state index in [1.807, 2.05) is 0 Å². The first-order valence-corrected chi connectivity index (χ1v) is 5.39. The first-order chi connectivity index (χ1) is 6.83. The number of pyridine rings is 1. The van der Waals surface area contributed by atoms with Gasteiger partial charge in [-0.05, 0) is 35.8 Å². The van der Waals surface area contributed by atoms with Crippen LogP contribution in [0.4, 0.5) is 5.82 Å². The zero-order valence-corrected chi connectivity index (χ0v) is 10.7. The Balaban J connectivity index is 2.95. The van der Waals surface area contributed by atoms with E-state index >= 15 is 0 Å².